The molecule has 0 bridgehead atoms. The molecule has 4 rings (SSSR count). The van der Waals surface area contributed by atoms with Crippen molar-refractivity contribution in [2.45, 2.75) is 49.0 Å². The van der Waals surface area contributed by atoms with E-state index in [9.17, 15) is 4.79 Å². The van der Waals surface area contributed by atoms with Crippen LogP contribution in [0.15, 0.2) is 65.6 Å². The van der Waals surface area contributed by atoms with Crippen molar-refractivity contribution < 1.29 is 9.53 Å². The van der Waals surface area contributed by atoms with Gasteiger partial charge >= 0.3 is 0 Å². The van der Waals surface area contributed by atoms with E-state index in [0.29, 0.717) is 18.1 Å². The van der Waals surface area contributed by atoms with Gasteiger partial charge in [0.15, 0.2) is 0 Å². The maximum Gasteiger partial charge on any atom is 0.240 e. The molecule has 0 saturated carbocycles. The molecule has 0 aliphatic carbocycles. The summed E-state index contributed by atoms with van der Waals surface area (Å²) in [6, 6.07) is 20.5. The summed E-state index contributed by atoms with van der Waals surface area (Å²) in [6.45, 7) is 9.22. The molecule has 2 aromatic carbocycles. The van der Waals surface area contributed by atoms with Gasteiger partial charge in [0.05, 0.1) is 12.2 Å². The first-order valence-corrected chi connectivity index (χ1v) is 12.4. The van der Waals surface area contributed by atoms with Crippen molar-refractivity contribution in [1.82, 2.24) is 9.80 Å². The van der Waals surface area contributed by atoms with E-state index in [2.05, 4.69) is 47.9 Å². The smallest absolute Gasteiger partial charge is 0.240 e. The standard InChI is InChI=1S/C26H34N2O2S/c1-20-17-27(18-21(2)30-20)19-22-13-15-28(16-14-22)26(29)25(23-9-5-3-6-10-23)31-24-11-7-4-8-12-24/h3-12,20-22,25H,13-19H2,1-2H3. The van der Waals surface area contributed by atoms with E-state index >= 15 is 0 Å². The third-order valence-electron chi connectivity index (χ3n) is 6.26. The minimum absolute atomic E-state index is 0.193. The van der Waals surface area contributed by atoms with Crippen molar-refractivity contribution >= 4 is 17.7 Å². The van der Waals surface area contributed by atoms with Crippen LogP contribution >= 0.6 is 11.8 Å². The third kappa shape index (κ3) is 6.12. The quantitative estimate of drug-likeness (QED) is 0.603. The van der Waals surface area contributed by atoms with E-state index in [1.165, 1.54) is 0 Å². The average molecular weight is 439 g/mol. The Hall–Kier alpha value is -1.82. The van der Waals surface area contributed by atoms with Crippen molar-refractivity contribution in [3.05, 3.63) is 66.2 Å². The van der Waals surface area contributed by atoms with Crippen LogP contribution in [0.4, 0.5) is 0 Å². The number of carbonyl (C=O) groups excluding carboxylic acids is 1. The molecule has 31 heavy (non-hydrogen) atoms. The summed E-state index contributed by atoms with van der Waals surface area (Å²) in [5.41, 5.74) is 1.08. The summed E-state index contributed by atoms with van der Waals surface area (Å²) < 4.78 is 5.87. The Morgan fingerprint density at radius 2 is 1.55 bits per heavy atom. The molecule has 1 amide bonds. The highest BCUT2D eigenvalue weighted by Gasteiger charge is 2.31. The lowest BCUT2D eigenvalue weighted by atomic mass is 9.95. The SMILES string of the molecule is CC1CN(CC2CCN(C(=O)C(Sc3ccccc3)c3ccccc3)CC2)CC(C)O1. The first-order valence-electron chi connectivity index (χ1n) is 11.5. The normalized spacial score (nSPS) is 24.1. The van der Waals surface area contributed by atoms with Crippen LogP contribution in [0.3, 0.4) is 0 Å². The number of rotatable bonds is 6. The van der Waals surface area contributed by atoms with Crippen LogP contribution in [0, 0.1) is 5.92 Å². The number of likely N-dealkylation sites (tertiary alicyclic amines) is 1. The van der Waals surface area contributed by atoms with Crippen LogP contribution < -0.4 is 0 Å². The summed E-state index contributed by atoms with van der Waals surface area (Å²) in [5.74, 6) is 0.908. The first kappa shape index (κ1) is 22.4. The molecule has 2 saturated heterocycles. The average Bonchev–Trinajstić information content (AvgIpc) is 2.78. The molecular weight excluding hydrogens is 404 g/mol. The molecule has 3 atom stereocenters. The lowest BCUT2D eigenvalue weighted by Crippen LogP contribution is -2.49. The van der Waals surface area contributed by atoms with Crippen LogP contribution in [0.25, 0.3) is 0 Å². The van der Waals surface area contributed by atoms with E-state index in [1.54, 1.807) is 11.8 Å². The Kier molecular flexibility index (Phi) is 7.70. The fraction of sp³-hybridized carbons (Fsp3) is 0.500. The molecule has 0 radical (unpaired) electrons. The van der Waals surface area contributed by atoms with E-state index < -0.39 is 0 Å². The van der Waals surface area contributed by atoms with Crippen LogP contribution in [0.2, 0.25) is 0 Å². The van der Waals surface area contributed by atoms with Crippen molar-refractivity contribution in [2.75, 3.05) is 32.7 Å². The Labute approximate surface area is 191 Å². The van der Waals surface area contributed by atoms with E-state index in [4.69, 9.17) is 4.74 Å². The zero-order chi connectivity index (χ0) is 21.6. The maximum absolute atomic E-state index is 13.6. The second-order valence-corrected chi connectivity index (χ2v) is 10.1. The molecule has 166 valence electrons. The Bertz CT molecular complexity index is 814. The van der Waals surface area contributed by atoms with Gasteiger partial charge < -0.3 is 9.64 Å². The Morgan fingerprint density at radius 3 is 2.16 bits per heavy atom. The molecule has 5 heteroatoms. The summed E-state index contributed by atoms with van der Waals surface area (Å²) >= 11 is 1.66. The molecule has 0 spiro atoms. The van der Waals surface area contributed by atoms with Gasteiger partial charge in [0.25, 0.3) is 0 Å². The van der Waals surface area contributed by atoms with Gasteiger partial charge in [0, 0.05) is 37.6 Å². The van der Waals surface area contributed by atoms with Crippen molar-refractivity contribution in [1.29, 1.82) is 0 Å². The number of ether oxygens (including phenoxy) is 1. The molecule has 2 aromatic rings. The molecule has 2 aliphatic rings. The van der Waals surface area contributed by atoms with Gasteiger partial charge in [-0.25, -0.2) is 0 Å². The second kappa shape index (κ2) is 10.7. The van der Waals surface area contributed by atoms with Gasteiger partial charge in [0.1, 0.15) is 5.25 Å². The van der Waals surface area contributed by atoms with Crippen LogP contribution in [0.1, 0.15) is 37.5 Å². The number of carbonyl (C=O) groups is 1. The van der Waals surface area contributed by atoms with Gasteiger partial charge in [-0.1, -0.05) is 48.5 Å². The van der Waals surface area contributed by atoms with Crippen molar-refractivity contribution in [2.24, 2.45) is 5.92 Å². The second-order valence-electron chi connectivity index (χ2n) is 8.97. The predicted octanol–water partition coefficient (Wildman–Crippen LogP) is 4.87. The number of thioether (sulfide) groups is 1. The summed E-state index contributed by atoms with van der Waals surface area (Å²) in [6.07, 6.45) is 2.80. The minimum Gasteiger partial charge on any atom is -0.373 e. The Morgan fingerprint density at radius 1 is 0.968 bits per heavy atom. The molecule has 2 aliphatic heterocycles. The Balaban J connectivity index is 1.37. The number of benzene rings is 2. The topological polar surface area (TPSA) is 32.8 Å². The zero-order valence-electron chi connectivity index (χ0n) is 18.7. The molecular formula is C26H34N2O2S. The lowest BCUT2D eigenvalue weighted by Gasteiger charge is -2.40. The van der Waals surface area contributed by atoms with Crippen LogP contribution in [-0.2, 0) is 9.53 Å². The van der Waals surface area contributed by atoms with Gasteiger partial charge in [-0.05, 0) is 50.3 Å². The minimum atomic E-state index is -0.193. The summed E-state index contributed by atoms with van der Waals surface area (Å²) in [7, 11) is 0. The van der Waals surface area contributed by atoms with E-state index in [0.717, 1.165) is 56.0 Å². The molecule has 0 N–H and O–H groups in total. The van der Waals surface area contributed by atoms with Gasteiger partial charge in [-0.2, -0.15) is 0 Å². The van der Waals surface area contributed by atoms with E-state index in [1.807, 2.05) is 36.4 Å². The highest BCUT2D eigenvalue weighted by atomic mass is 32.2. The largest absolute Gasteiger partial charge is 0.373 e. The van der Waals surface area contributed by atoms with E-state index in [-0.39, 0.29) is 11.2 Å². The molecule has 0 aromatic heterocycles. The predicted molar refractivity (Wildman–Crippen MR) is 127 cm³/mol. The van der Waals surface area contributed by atoms with Crippen molar-refractivity contribution in [3.63, 3.8) is 0 Å². The molecule has 3 unspecified atom stereocenters. The van der Waals surface area contributed by atoms with Gasteiger partial charge in [0.2, 0.25) is 5.91 Å². The summed E-state index contributed by atoms with van der Waals surface area (Å²) in [4.78, 5) is 19.3. The lowest BCUT2D eigenvalue weighted by molar-refractivity contribution is -0.132. The third-order valence-corrected chi connectivity index (χ3v) is 7.52. The molecule has 2 fully saturated rings. The van der Waals surface area contributed by atoms with Gasteiger partial charge in [-0.15, -0.1) is 11.8 Å². The molecule has 2 heterocycles. The number of nitrogens with zero attached hydrogens (tertiary/aromatic N) is 2. The molecule has 4 nitrogen and oxygen atoms in total. The maximum atomic E-state index is 13.6. The highest BCUT2D eigenvalue weighted by Crippen LogP contribution is 2.37. The number of morpholine rings is 1. The number of amides is 1. The number of hydrogen-bond donors (Lipinski definition) is 0. The van der Waals surface area contributed by atoms with Crippen LogP contribution in [-0.4, -0.2) is 60.6 Å². The fourth-order valence-electron chi connectivity index (χ4n) is 4.82. The monoisotopic (exact) mass is 438 g/mol. The zero-order valence-corrected chi connectivity index (χ0v) is 19.5. The van der Waals surface area contributed by atoms with Gasteiger partial charge in [-0.3, -0.25) is 9.69 Å². The highest BCUT2D eigenvalue weighted by molar-refractivity contribution is 8.00. The first-order chi connectivity index (χ1) is 15.1. The number of hydrogen-bond acceptors (Lipinski definition) is 4. The number of piperidine rings is 1. The van der Waals surface area contributed by atoms with Crippen LogP contribution in [0.5, 0.6) is 0 Å². The summed E-state index contributed by atoms with van der Waals surface area (Å²) in [5, 5.41) is -0.193. The van der Waals surface area contributed by atoms with Crippen molar-refractivity contribution in [3.8, 4) is 0 Å². The fourth-order valence-corrected chi connectivity index (χ4v) is 5.95.